The molecule has 0 aliphatic carbocycles. The second kappa shape index (κ2) is 6.63. The Morgan fingerprint density at radius 1 is 1.12 bits per heavy atom. The number of nitrogens with one attached hydrogen (secondary N) is 1. The normalized spacial score (nSPS) is 15.3. The number of aryl methyl sites for hydroxylation is 1. The highest BCUT2D eigenvalue weighted by Crippen LogP contribution is 2.38. The lowest BCUT2D eigenvalue weighted by atomic mass is 10.0. The maximum atomic E-state index is 13.7. The summed E-state index contributed by atoms with van der Waals surface area (Å²) >= 11 is 0. The molecule has 0 saturated carbocycles. The van der Waals surface area contributed by atoms with Gasteiger partial charge in [-0.05, 0) is 54.4 Å². The first-order valence-corrected chi connectivity index (χ1v) is 7.98. The monoisotopic (exact) mass is 356 g/mol. The number of hydrogen-bond donors (Lipinski definition) is 1. The third-order valence-corrected chi connectivity index (χ3v) is 4.18. The lowest BCUT2D eigenvalue weighted by Crippen LogP contribution is -2.05. The van der Waals surface area contributed by atoms with E-state index < -0.39 is 18.4 Å². The quantitative estimate of drug-likeness (QED) is 0.737. The molecule has 4 rings (SSSR count). The van der Waals surface area contributed by atoms with Crippen molar-refractivity contribution in [3.8, 4) is 22.6 Å². The van der Waals surface area contributed by atoms with E-state index in [9.17, 15) is 8.78 Å². The summed E-state index contributed by atoms with van der Waals surface area (Å²) in [6.07, 6.45) is 1.62. The zero-order chi connectivity index (χ0) is 19.9. The van der Waals surface area contributed by atoms with Crippen molar-refractivity contribution in [1.29, 1.82) is 0 Å². The van der Waals surface area contributed by atoms with Crippen LogP contribution in [0.1, 0.15) is 13.9 Å². The van der Waals surface area contributed by atoms with Crippen LogP contribution in [-0.2, 0) is 6.54 Å². The molecule has 0 bridgehead atoms. The molecule has 0 fully saturated rings. The van der Waals surface area contributed by atoms with Gasteiger partial charge >= 0.3 is 0 Å². The highest BCUT2D eigenvalue weighted by Gasteiger charge is 2.16. The van der Waals surface area contributed by atoms with Gasteiger partial charge in [0.15, 0.2) is 11.5 Å². The molecule has 0 unspecified atom stereocenters. The number of anilines is 1. The van der Waals surface area contributed by atoms with Crippen LogP contribution in [0.5, 0.6) is 11.5 Å². The Balaban J connectivity index is 1.53. The topological polar surface area (TPSA) is 43.4 Å². The van der Waals surface area contributed by atoms with E-state index in [0.717, 1.165) is 16.7 Å². The standard InChI is InChI=1S/C20H16F2N2O2/c1-12-7-18-19(26-11-25-18)8-14(12)13-5-6-20(23-9-13)24-10-15-16(21)3-2-4-17(15)22/h2-9H,10-11H2,1H3,(H,23,24)/i11D2. The number of rotatable bonds is 4. The summed E-state index contributed by atoms with van der Waals surface area (Å²) in [6.45, 7) is -0.329. The Morgan fingerprint density at radius 3 is 2.54 bits per heavy atom. The second-order valence-corrected chi connectivity index (χ2v) is 5.89. The molecule has 26 heavy (non-hydrogen) atoms. The number of halogens is 2. The minimum Gasteiger partial charge on any atom is -0.454 e. The number of pyridine rings is 1. The van der Waals surface area contributed by atoms with Crippen molar-refractivity contribution < 1.29 is 21.0 Å². The number of ether oxygens (including phenoxy) is 2. The van der Waals surface area contributed by atoms with Crippen molar-refractivity contribution in [2.24, 2.45) is 0 Å². The number of hydrogen-bond acceptors (Lipinski definition) is 4. The van der Waals surface area contributed by atoms with Crippen molar-refractivity contribution >= 4 is 5.82 Å². The van der Waals surface area contributed by atoms with Gasteiger partial charge in [-0.15, -0.1) is 0 Å². The molecule has 1 aromatic heterocycles. The summed E-state index contributed by atoms with van der Waals surface area (Å²) in [7, 11) is 0. The summed E-state index contributed by atoms with van der Waals surface area (Å²) in [5.74, 6) is -0.0756. The molecular formula is C20H16F2N2O2. The van der Waals surface area contributed by atoms with E-state index in [1.54, 1.807) is 24.4 Å². The fourth-order valence-corrected chi connectivity index (χ4v) is 2.78. The van der Waals surface area contributed by atoms with E-state index in [1.807, 2.05) is 13.0 Å². The predicted molar refractivity (Wildman–Crippen MR) is 94.2 cm³/mol. The van der Waals surface area contributed by atoms with Gasteiger partial charge in [0.1, 0.15) is 20.2 Å². The van der Waals surface area contributed by atoms with Crippen LogP contribution in [0.2, 0.25) is 0 Å². The smallest absolute Gasteiger partial charge is 0.231 e. The summed E-state index contributed by atoms with van der Waals surface area (Å²) in [4.78, 5) is 4.29. The number of aromatic nitrogens is 1. The molecule has 1 aliphatic rings. The molecule has 1 aliphatic heterocycles. The number of nitrogens with zero attached hydrogens (tertiary/aromatic N) is 1. The summed E-state index contributed by atoms with van der Waals surface area (Å²) < 4.78 is 52.7. The molecule has 0 radical (unpaired) electrons. The first-order valence-electron chi connectivity index (χ1n) is 8.98. The maximum absolute atomic E-state index is 13.7. The first-order chi connectivity index (χ1) is 13.3. The van der Waals surface area contributed by atoms with Crippen LogP contribution in [0.4, 0.5) is 14.6 Å². The Hall–Kier alpha value is -3.15. The molecule has 0 spiro atoms. The molecular weight excluding hydrogens is 338 g/mol. The molecule has 132 valence electrons. The molecule has 0 saturated heterocycles. The van der Waals surface area contributed by atoms with E-state index in [1.165, 1.54) is 18.2 Å². The third kappa shape index (κ3) is 3.06. The predicted octanol–water partition coefficient (Wildman–Crippen LogP) is 4.68. The number of fused-ring (bicyclic) bond motifs is 1. The first kappa shape index (κ1) is 14.1. The van der Waals surface area contributed by atoms with Crippen LogP contribution < -0.4 is 14.8 Å². The van der Waals surface area contributed by atoms with Crippen LogP contribution in [-0.4, -0.2) is 11.7 Å². The maximum Gasteiger partial charge on any atom is 0.231 e. The lowest BCUT2D eigenvalue weighted by Gasteiger charge is -2.10. The van der Waals surface area contributed by atoms with Crippen LogP contribution in [0.25, 0.3) is 11.1 Å². The largest absolute Gasteiger partial charge is 0.454 e. The fourth-order valence-electron chi connectivity index (χ4n) is 2.78. The van der Waals surface area contributed by atoms with Crippen LogP contribution in [0, 0.1) is 18.6 Å². The molecule has 2 heterocycles. The fraction of sp³-hybridized carbons (Fsp3) is 0.150. The van der Waals surface area contributed by atoms with E-state index in [-0.39, 0.29) is 12.1 Å². The summed E-state index contributed by atoms with van der Waals surface area (Å²) in [5, 5.41) is 2.90. The molecule has 2 aromatic carbocycles. The van der Waals surface area contributed by atoms with Gasteiger partial charge in [0.05, 0.1) is 0 Å². The Labute approximate surface area is 152 Å². The van der Waals surface area contributed by atoms with E-state index in [2.05, 4.69) is 10.3 Å². The molecule has 4 nitrogen and oxygen atoms in total. The average Bonchev–Trinajstić information content (AvgIpc) is 2.94. The van der Waals surface area contributed by atoms with Crippen LogP contribution >= 0.6 is 0 Å². The SMILES string of the molecule is [2H]C1([2H])Oc2cc(C)c(-c3ccc(NCc4c(F)cccc4F)nc3)cc2O1. The molecule has 0 amide bonds. The minimum absolute atomic E-state index is 0.0248. The Morgan fingerprint density at radius 2 is 1.85 bits per heavy atom. The zero-order valence-corrected chi connectivity index (χ0v) is 13.8. The zero-order valence-electron chi connectivity index (χ0n) is 15.8. The van der Waals surface area contributed by atoms with Gasteiger partial charge in [0.25, 0.3) is 0 Å². The lowest BCUT2D eigenvalue weighted by molar-refractivity contribution is 0.174. The third-order valence-electron chi connectivity index (χ3n) is 4.18. The highest BCUT2D eigenvalue weighted by molar-refractivity contribution is 5.71. The minimum atomic E-state index is -2.18. The van der Waals surface area contributed by atoms with E-state index >= 15 is 0 Å². The summed E-state index contributed by atoms with van der Waals surface area (Å²) in [6, 6.07) is 10.7. The Kier molecular flexibility index (Phi) is 3.59. The van der Waals surface area contributed by atoms with Gasteiger partial charge in [0.2, 0.25) is 6.75 Å². The van der Waals surface area contributed by atoms with E-state index in [0.29, 0.717) is 17.3 Å². The highest BCUT2D eigenvalue weighted by atomic mass is 19.1. The average molecular weight is 356 g/mol. The van der Waals surface area contributed by atoms with Crippen LogP contribution in [0.3, 0.4) is 0 Å². The van der Waals surface area contributed by atoms with Crippen molar-refractivity contribution in [3.63, 3.8) is 0 Å². The van der Waals surface area contributed by atoms with Gasteiger partial charge < -0.3 is 14.8 Å². The van der Waals surface area contributed by atoms with Gasteiger partial charge in [-0.1, -0.05) is 6.07 Å². The molecule has 6 heteroatoms. The second-order valence-electron chi connectivity index (χ2n) is 5.89. The molecule has 0 atom stereocenters. The Bertz CT molecular complexity index is 1020. The molecule has 3 aromatic rings. The van der Waals surface area contributed by atoms with Crippen molar-refractivity contribution in [1.82, 2.24) is 4.98 Å². The van der Waals surface area contributed by atoms with Crippen LogP contribution in [0.15, 0.2) is 48.7 Å². The molecule has 1 N–H and O–H groups in total. The van der Waals surface area contributed by atoms with Gasteiger partial charge in [-0.2, -0.15) is 0 Å². The number of benzene rings is 2. The van der Waals surface area contributed by atoms with Crippen molar-refractivity contribution in [2.45, 2.75) is 13.5 Å². The van der Waals surface area contributed by atoms with Crippen molar-refractivity contribution in [2.75, 3.05) is 12.1 Å². The van der Waals surface area contributed by atoms with Gasteiger partial charge in [-0.25, -0.2) is 13.8 Å². The van der Waals surface area contributed by atoms with E-state index in [4.69, 9.17) is 12.2 Å². The van der Waals surface area contributed by atoms with Gasteiger partial charge in [0, 0.05) is 23.9 Å². The van der Waals surface area contributed by atoms with Gasteiger partial charge in [-0.3, -0.25) is 0 Å². The van der Waals surface area contributed by atoms with Crippen molar-refractivity contribution in [3.05, 3.63) is 71.4 Å². The summed E-state index contributed by atoms with van der Waals surface area (Å²) in [5.41, 5.74) is 2.43.